The summed E-state index contributed by atoms with van der Waals surface area (Å²) in [4.78, 5) is 11.8. The molecule has 1 aliphatic heterocycles. The Labute approximate surface area is 232 Å². The predicted octanol–water partition coefficient (Wildman–Crippen LogP) is 8.03. The van der Waals surface area contributed by atoms with E-state index in [2.05, 4.69) is 87.2 Å². The Kier molecular flexibility index (Phi) is 6.41. The fourth-order valence-corrected chi connectivity index (χ4v) is 5.21. The zero-order chi connectivity index (χ0) is 25.0. The maximum atomic E-state index is 10.4. The molecule has 5 heteroatoms. The number of benzene rings is 3. The van der Waals surface area contributed by atoms with Crippen molar-refractivity contribution < 1.29 is 26.2 Å². The maximum absolute atomic E-state index is 10.4. The van der Waals surface area contributed by atoms with Crippen LogP contribution < -0.4 is 4.90 Å². The third-order valence-electron chi connectivity index (χ3n) is 7.28. The standard InChI is InChI=1S/C32H28N3O.Pt/c1-20(2)22-16-17-33-30(19-22)35-27-10-6-5-9-24(27)32(3,4)25-14-12-23(18-28(25)35)26-15-13-21-8-7-11-29(36)31(21)34-26;/h5-17,19-20,36H,1-4H3;/q-1;. The van der Waals surface area contributed by atoms with Crippen LogP contribution in [0.2, 0.25) is 0 Å². The minimum absolute atomic E-state index is 0. The number of fused-ring (bicyclic) bond motifs is 3. The van der Waals surface area contributed by atoms with Crippen LogP contribution in [0.4, 0.5) is 17.2 Å². The first-order chi connectivity index (χ1) is 17.3. The zero-order valence-corrected chi connectivity index (χ0v) is 23.5. The van der Waals surface area contributed by atoms with Crippen molar-refractivity contribution in [3.63, 3.8) is 0 Å². The molecule has 0 saturated heterocycles. The van der Waals surface area contributed by atoms with Crippen LogP contribution >= 0.6 is 0 Å². The van der Waals surface area contributed by atoms with E-state index in [1.807, 2.05) is 30.5 Å². The second-order valence-corrected chi connectivity index (χ2v) is 10.3. The normalized spacial score (nSPS) is 13.7. The van der Waals surface area contributed by atoms with E-state index < -0.39 is 0 Å². The van der Waals surface area contributed by atoms with Gasteiger partial charge < -0.3 is 10.0 Å². The minimum atomic E-state index is -0.206. The molecule has 0 spiro atoms. The second kappa shape index (κ2) is 9.43. The molecule has 2 aromatic heterocycles. The van der Waals surface area contributed by atoms with E-state index in [1.54, 1.807) is 6.07 Å². The quantitative estimate of drug-likeness (QED) is 0.198. The van der Waals surface area contributed by atoms with E-state index >= 15 is 0 Å². The number of rotatable bonds is 3. The van der Waals surface area contributed by atoms with E-state index in [-0.39, 0.29) is 32.2 Å². The van der Waals surface area contributed by atoms with Gasteiger partial charge in [-0.25, -0.2) is 4.98 Å². The van der Waals surface area contributed by atoms with Gasteiger partial charge in [-0.15, -0.1) is 23.8 Å². The zero-order valence-electron chi connectivity index (χ0n) is 21.3. The van der Waals surface area contributed by atoms with Gasteiger partial charge in [-0.2, -0.15) is 0 Å². The largest absolute Gasteiger partial charge is 0.506 e. The van der Waals surface area contributed by atoms with Gasteiger partial charge in [0.15, 0.2) is 0 Å². The molecule has 0 bridgehead atoms. The number of phenolic OH excluding ortho intramolecular Hbond substituents is 1. The van der Waals surface area contributed by atoms with Crippen molar-refractivity contribution in [1.29, 1.82) is 0 Å². The molecule has 0 fully saturated rings. The van der Waals surface area contributed by atoms with Crippen molar-refractivity contribution in [2.24, 2.45) is 0 Å². The SMILES string of the molecule is CC(C)c1ccnc(N2c3[c-]c(-c4ccc5cccc(O)c5n4)ccc3C(C)(C)c3ccccc32)c1.[Pt]. The summed E-state index contributed by atoms with van der Waals surface area (Å²) >= 11 is 0. The van der Waals surface area contributed by atoms with Gasteiger partial charge in [-0.05, 0) is 58.1 Å². The molecule has 0 atom stereocenters. The Hall–Kier alpha value is -3.49. The molecule has 37 heavy (non-hydrogen) atoms. The topological polar surface area (TPSA) is 49.2 Å². The molecular formula is C32H28N3OPt-. The van der Waals surface area contributed by atoms with Crippen molar-refractivity contribution in [3.05, 3.63) is 108 Å². The molecule has 5 aromatic rings. The number of pyridine rings is 2. The predicted molar refractivity (Wildman–Crippen MR) is 146 cm³/mol. The number of hydrogen-bond donors (Lipinski definition) is 1. The summed E-state index contributed by atoms with van der Waals surface area (Å²) in [7, 11) is 0. The Morgan fingerprint density at radius 1 is 0.892 bits per heavy atom. The number of aromatic nitrogens is 2. The first kappa shape index (κ1) is 25.2. The van der Waals surface area contributed by atoms with Crippen LogP contribution in [-0.4, -0.2) is 15.1 Å². The number of anilines is 3. The molecule has 6 rings (SSSR count). The first-order valence-electron chi connectivity index (χ1n) is 12.4. The van der Waals surface area contributed by atoms with Crippen LogP contribution in [0.15, 0.2) is 85.1 Å². The fourth-order valence-electron chi connectivity index (χ4n) is 5.21. The molecule has 0 saturated carbocycles. The average molecular weight is 666 g/mol. The number of para-hydroxylation sites is 2. The molecule has 188 valence electrons. The van der Waals surface area contributed by atoms with Gasteiger partial charge in [0.25, 0.3) is 0 Å². The number of phenols is 1. The van der Waals surface area contributed by atoms with Gasteiger partial charge in [-0.1, -0.05) is 75.7 Å². The van der Waals surface area contributed by atoms with Crippen molar-refractivity contribution in [2.75, 3.05) is 4.90 Å². The monoisotopic (exact) mass is 665 g/mol. The van der Waals surface area contributed by atoms with E-state index in [0.29, 0.717) is 11.4 Å². The molecule has 3 aromatic carbocycles. The van der Waals surface area contributed by atoms with Crippen LogP contribution in [0.3, 0.4) is 0 Å². The van der Waals surface area contributed by atoms with Crippen molar-refractivity contribution in [1.82, 2.24) is 9.97 Å². The Bertz CT molecular complexity index is 1630. The average Bonchev–Trinajstić information content (AvgIpc) is 2.89. The van der Waals surface area contributed by atoms with Crippen molar-refractivity contribution in [2.45, 2.75) is 39.0 Å². The first-order valence-corrected chi connectivity index (χ1v) is 12.4. The number of aromatic hydroxyl groups is 1. The minimum Gasteiger partial charge on any atom is -0.506 e. The molecule has 0 unspecified atom stereocenters. The van der Waals surface area contributed by atoms with Crippen molar-refractivity contribution >= 4 is 28.1 Å². The second-order valence-electron chi connectivity index (χ2n) is 10.3. The van der Waals surface area contributed by atoms with Gasteiger partial charge >= 0.3 is 0 Å². The summed E-state index contributed by atoms with van der Waals surface area (Å²) in [6, 6.07) is 30.2. The molecule has 1 N–H and O–H groups in total. The van der Waals surface area contributed by atoms with Gasteiger partial charge in [0.2, 0.25) is 0 Å². The van der Waals surface area contributed by atoms with Gasteiger partial charge in [-0.3, -0.25) is 4.98 Å². The van der Waals surface area contributed by atoms with Gasteiger partial charge in [0, 0.05) is 38.3 Å². The van der Waals surface area contributed by atoms with Gasteiger partial charge in [0.1, 0.15) is 17.1 Å². The molecule has 0 radical (unpaired) electrons. The molecule has 0 aliphatic carbocycles. The van der Waals surface area contributed by atoms with E-state index in [9.17, 15) is 5.11 Å². The third-order valence-corrected chi connectivity index (χ3v) is 7.28. The summed E-state index contributed by atoms with van der Waals surface area (Å²) in [6.45, 7) is 8.93. The molecular weight excluding hydrogens is 637 g/mol. The smallest absolute Gasteiger partial charge is 0.140 e. The summed E-state index contributed by atoms with van der Waals surface area (Å²) in [6.07, 6.45) is 1.89. The molecule has 1 aliphatic rings. The van der Waals surface area contributed by atoms with Crippen LogP contribution in [0.5, 0.6) is 5.75 Å². The number of nitrogens with zero attached hydrogens (tertiary/aromatic N) is 3. The summed E-state index contributed by atoms with van der Waals surface area (Å²) in [5, 5.41) is 11.3. The van der Waals surface area contributed by atoms with Crippen LogP contribution in [0, 0.1) is 6.07 Å². The molecule has 4 nitrogen and oxygen atoms in total. The Morgan fingerprint density at radius 3 is 2.51 bits per heavy atom. The van der Waals surface area contributed by atoms with Gasteiger partial charge in [0.05, 0.1) is 0 Å². The summed E-state index contributed by atoms with van der Waals surface area (Å²) in [5.41, 5.74) is 7.80. The van der Waals surface area contributed by atoms with Crippen LogP contribution in [-0.2, 0) is 26.5 Å². The van der Waals surface area contributed by atoms with Crippen LogP contribution in [0.1, 0.15) is 50.3 Å². The maximum Gasteiger partial charge on any atom is 0.140 e. The third kappa shape index (κ3) is 4.14. The number of hydrogen-bond acceptors (Lipinski definition) is 4. The Balaban J connectivity index is 0.00000280. The summed E-state index contributed by atoms with van der Waals surface area (Å²) in [5.74, 6) is 1.45. The van der Waals surface area contributed by atoms with E-state index in [4.69, 9.17) is 9.97 Å². The summed E-state index contributed by atoms with van der Waals surface area (Å²) < 4.78 is 0. The van der Waals surface area contributed by atoms with Crippen molar-refractivity contribution in [3.8, 4) is 17.0 Å². The van der Waals surface area contributed by atoms with E-state index in [0.717, 1.165) is 33.8 Å². The fraction of sp³-hybridized carbons (Fsp3) is 0.188. The molecule has 3 heterocycles. The molecule has 0 amide bonds. The van der Waals surface area contributed by atoms with Crippen LogP contribution in [0.25, 0.3) is 22.2 Å². The van der Waals surface area contributed by atoms with E-state index in [1.165, 1.54) is 16.7 Å². The Morgan fingerprint density at radius 2 is 1.70 bits per heavy atom.